The molecule has 28 heavy (non-hydrogen) atoms. The number of aryl methyl sites for hydroxylation is 2. The van der Waals surface area contributed by atoms with E-state index >= 15 is 0 Å². The molecule has 0 atom stereocenters. The molecule has 0 spiro atoms. The Hall–Kier alpha value is -0.980. The highest BCUT2D eigenvalue weighted by Gasteiger charge is 2.21. The van der Waals surface area contributed by atoms with Crippen LogP contribution in [0.2, 0.25) is 0 Å². The normalized spacial score (nSPS) is 15.3. The largest absolute Gasteiger partial charge is 0.383 e. The quantitative estimate of drug-likeness (QED) is 0.231. The van der Waals surface area contributed by atoms with Crippen molar-refractivity contribution in [2.45, 2.75) is 27.3 Å². The smallest absolute Gasteiger partial charge is 0.234 e. The van der Waals surface area contributed by atoms with Crippen molar-refractivity contribution in [1.82, 2.24) is 25.4 Å². The van der Waals surface area contributed by atoms with Gasteiger partial charge in [0.2, 0.25) is 5.91 Å². The van der Waals surface area contributed by atoms with Crippen LogP contribution in [0.15, 0.2) is 4.99 Å². The van der Waals surface area contributed by atoms with Crippen LogP contribution >= 0.6 is 35.3 Å². The van der Waals surface area contributed by atoms with Crippen molar-refractivity contribution in [1.29, 1.82) is 0 Å². The summed E-state index contributed by atoms with van der Waals surface area (Å²) in [5.41, 5.74) is 1.09. The highest BCUT2D eigenvalue weighted by Crippen LogP contribution is 2.17. The number of amides is 1. The van der Waals surface area contributed by atoms with E-state index in [1.165, 1.54) is 4.88 Å². The molecule has 0 aromatic carbocycles. The summed E-state index contributed by atoms with van der Waals surface area (Å²) < 4.78 is 4.95. The summed E-state index contributed by atoms with van der Waals surface area (Å²) in [5.74, 6) is 0.975. The molecule has 2 N–H and O–H groups in total. The molecule has 1 saturated heterocycles. The zero-order valence-corrected chi connectivity index (χ0v) is 20.4. The Morgan fingerprint density at radius 1 is 1.25 bits per heavy atom. The zero-order valence-electron chi connectivity index (χ0n) is 17.3. The molecule has 0 saturated carbocycles. The fourth-order valence-electron chi connectivity index (χ4n) is 2.84. The van der Waals surface area contributed by atoms with Gasteiger partial charge in [0.15, 0.2) is 5.96 Å². The second-order valence-electron chi connectivity index (χ2n) is 6.53. The fraction of sp³-hybridized carbons (Fsp3) is 0.722. The van der Waals surface area contributed by atoms with Gasteiger partial charge in [-0.15, -0.1) is 35.3 Å². The molecular formula is C18H33IN6O2S. The first kappa shape index (κ1) is 25.1. The van der Waals surface area contributed by atoms with Crippen molar-refractivity contribution in [2.24, 2.45) is 4.99 Å². The van der Waals surface area contributed by atoms with Gasteiger partial charge in [-0.25, -0.2) is 9.98 Å². The summed E-state index contributed by atoms with van der Waals surface area (Å²) in [7, 11) is 1.63. The van der Waals surface area contributed by atoms with Gasteiger partial charge in [-0.1, -0.05) is 0 Å². The molecule has 2 heterocycles. The molecule has 2 rings (SSSR count). The van der Waals surface area contributed by atoms with Crippen LogP contribution in [0.1, 0.15) is 22.5 Å². The molecule has 160 valence electrons. The lowest BCUT2D eigenvalue weighted by molar-refractivity contribution is -0.122. The molecule has 1 aliphatic heterocycles. The number of hydrogen-bond acceptors (Lipinski definition) is 6. The first-order chi connectivity index (χ1) is 13.0. The zero-order chi connectivity index (χ0) is 19.6. The number of ether oxygens (including phenoxy) is 1. The van der Waals surface area contributed by atoms with Gasteiger partial charge in [0.1, 0.15) is 5.01 Å². The van der Waals surface area contributed by atoms with Gasteiger partial charge >= 0.3 is 0 Å². The summed E-state index contributed by atoms with van der Waals surface area (Å²) in [6.45, 7) is 12.6. The van der Waals surface area contributed by atoms with Crippen LogP contribution in [0.25, 0.3) is 0 Å². The molecule has 0 unspecified atom stereocenters. The lowest BCUT2D eigenvalue weighted by Crippen LogP contribution is -2.54. The number of guanidine groups is 1. The average molecular weight is 524 g/mol. The molecule has 1 fully saturated rings. The monoisotopic (exact) mass is 524 g/mol. The minimum atomic E-state index is 0. The second-order valence-corrected chi connectivity index (χ2v) is 7.81. The van der Waals surface area contributed by atoms with Gasteiger partial charge < -0.3 is 20.3 Å². The van der Waals surface area contributed by atoms with Crippen LogP contribution in [0.5, 0.6) is 0 Å². The van der Waals surface area contributed by atoms with Crippen LogP contribution in [0, 0.1) is 13.8 Å². The number of nitrogens with zero attached hydrogens (tertiary/aromatic N) is 4. The number of rotatable bonds is 8. The van der Waals surface area contributed by atoms with Gasteiger partial charge in [0.05, 0.1) is 25.4 Å². The molecule has 1 aromatic heterocycles. The van der Waals surface area contributed by atoms with E-state index in [2.05, 4.69) is 39.3 Å². The Labute approximate surface area is 189 Å². The number of thiazole rings is 1. The summed E-state index contributed by atoms with van der Waals surface area (Å²) in [6, 6.07) is 0. The topological polar surface area (TPSA) is 82.1 Å². The van der Waals surface area contributed by atoms with Crippen molar-refractivity contribution >= 4 is 47.2 Å². The Morgan fingerprint density at radius 2 is 1.96 bits per heavy atom. The molecule has 1 aliphatic rings. The number of nitrogens with one attached hydrogen (secondary N) is 2. The van der Waals surface area contributed by atoms with Crippen LogP contribution < -0.4 is 10.6 Å². The van der Waals surface area contributed by atoms with E-state index in [1.807, 2.05) is 6.92 Å². The Kier molecular flexibility index (Phi) is 11.9. The maximum absolute atomic E-state index is 11.9. The van der Waals surface area contributed by atoms with Crippen LogP contribution in [0.3, 0.4) is 0 Å². The molecule has 0 aliphatic carbocycles. The summed E-state index contributed by atoms with van der Waals surface area (Å²) >= 11 is 1.71. The Bertz CT molecular complexity index is 612. The number of carbonyl (C=O) groups is 1. The summed E-state index contributed by atoms with van der Waals surface area (Å²) in [5, 5.41) is 7.29. The van der Waals surface area contributed by atoms with Gasteiger partial charge in [-0.05, 0) is 20.8 Å². The number of piperazine rings is 1. The molecular weight excluding hydrogens is 491 g/mol. The van der Waals surface area contributed by atoms with E-state index in [1.54, 1.807) is 18.4 Å². The number of carbonyl (C=O) groups excluding carboxylic acids is 1. The maximum Gasteiger partial charge on any atom is 0.234 e. The molecule has 1 amide bonds. The Morgan fingerprint density at radius 3 is 2.54 bits per heavy atom. The third-order valence-electron chi connectivity index (χ3n) is 4.44. The third kappa shape index (κ3) is 8.18. The van der Waals surface area contributed by atoms with Crippen molar-refractivity contribution < 1.29 is 9.53 Å². The number of aliphatic imine (C=N–C) groups is 1. The number of methoxy groups -OCH3 is 1. The summed E-state index contributed by atoms with van der Waals surface area (Å²) in [6.07, 6.45) is 0. The van der Waals surface area contributed by atoms with E-state index in [4.69, 9.17) is 9.73 Å². The lowest BCUT2D eigenvalue weighted by Gasteiger charge is -2.36. The molecule has 0 radical (unpaired) electrons. The van der Waals surface area contributed by atoms with Crippen molar-refractivity contribution in [2.75, 3.05) is 59.5 Å². The SMILES string of the molecule is CCNC(=NCc1nc(C)c(C)s1)N1CCN(CC(=O)NCCOC)CC1.I. The van der Waals surface area contributed by atoms with Crippen molar-refractivity contribution in [3.63, 3.8) is 0 Å². The molecule has 1 aromatic rings. The number of aromatic nitrogens is 1. The first-order valence-electron chi connectivity index (χ1n) is 9.47. The van der Waals surface area contributed by atoms with Gasteiger partial charge in [0.25, 0.3) is 0 Å². The lowest BCUT2D eigenvalue weighted by atomic mass is 10.3. The molecule has 8 nitrogen and oxygen atoms in total. The predicted molar refractivity (Wildman–Crippen MR) is 125 cm³/mol. The van der Waals surface area contributed by atoms with Crippen molar-refractivity contribution in [3.8, 4) is 0 Å². The van der Waals surface area contributed by atoms with Gasteiger partial charge in [0, 0.05) is 51.3 Å². The first-order valence-corrected chi connectivity index (χ1v) is 10.3. The Balaban J connectivity index is 0.00000392. The highest BCUT2D eigenvalue weighted by atomic mass is 127. The van der Waals surface area contributed by atoms with E-state index in [0.717, 1.165) is 49.4 Å². The van der Waals surface area contributed by atoms with E-state index in [0.29, 0.717) is 26.2 Å². The molecule has 10 heteroatoms. The van der Waals surface area contributed by atoms with Crippen LogP contribution in [-0.4, -0.2) is 86.2 Å². The number of hydrogen-bond donors (Lipinski definition) is 2. The third-order valence-corrected chi connectivity index (χ3v) is 5.50. The number of halogens is 1. The van der Waals surface area contributed by atoms with Gasteiger partial charge in [-0.3, -0.25) is 9.69 Å². The maximum atomic E-state index is 11.9. The minimum Gasteiger partial charge on any atom is -0.383 e. The van der Waals surface area contributed by atoms with E-state index < -0.39 is 0 Å². The predicted octanol–water partition coefficient (Wildman–Crippen LogP) is 1.22. The second kappa shape index (κ2) is 13.3. The van der Waals surface area contributed by atoms with E-state index in [9.17, 15) is 4.79 Å². The minimum absolute atomic E-state index is 0. The fourth-order valence-corrected chi connectivity index (χ4v) is 3.70. The van der Waals surface area contributed by atoms with Gasteiger partial charge in [-0.2, -0.15) is 0 Å². The average Bonchev–Trinajstić information content (AvgIpc) is 2.97. The van der Waals surface area contributed by atoms with Crippen LogP contribution in [0.4, 0.5) is 0 Å². The highest BCUT2D eigenvalue weighted by molar-refractivity contribution is 14.0. The summed E-state index contributed by atoms with van der Waals surface area (Å²) in [4.78, 5) is 26.9. The van der Waals surface area contributed by atoms with Crippen LogP contribution in [-0.2, 0) is 16.1 Å². The van der Waals surface area contributed by atoms with Crippen molar-refractivity contribution in [3.05, 3.63) is 15.6 Å². The van der Waals surface area contributed by atoms with E-state index in [-0.39, 0.29) is 29.9 Å². The molecule has 0 bridgehead atoms. The standard InChI is InChI=1S/C18H32N6O2S.HI/c1-5-19-18(21-12-17-22-14(2)15(3)27-17)24-9-7-23(8-10-24)13-16(25)20-6-11-26-4;/h5-13H2,1-4H3,(H,19,21)(H,20,25);1H.